The Morgan fingerprint density at radius 2 is 0.633 bits per heavy atom. The molecule has 8 aromatic carbocycles. The lowest BCUT2D eigenvalue weighted by Crippen LogP contribution is -2.23. The van der Waals surface area contributed by atoms with Crippen molar-refractivity contribution in [3.05, 3.63) is 232 Å². The molecule has 0 amide bonds. The Kier molecular flexibility index (Phi) is 43.8. The van der Waals surface area contributed by atoms with E-state index in [2.05, 4.69) is 206 Å². The van der Waals surface area contributed by atoms with Crippen molar-refractivity contribution in [3.63, 3.8) is 0 Å². The molecule has 19 heteroatoms. The number of aliphatic imine (C=N–C) groups is 1. The summed E-state index contributed by atoms with van der Waals surface area (Å²) in [7, 11) is 0. The van der Waals surface area contributed by atoms with Crippen molar-refractivity contribution in [2.24, 2.45) is 16.3 Å². The predicted octanol–water partition coefficient (Wildman–Crippen LogP) is 32.0. The van der Waals surface area contributed by atoms with E-state index in [0.29, 0.717) is 101 Å². The third-order valence-corrected chi connectivity index (χ3v) is 25.5. The molecule has 0 aliphatic heterocycles. The first-order valence-corrected chi connectivity index (χ1v) is 51.8. The topological polar surface area (TPSA) is 309 Å². The second-order valence-corrected chi connectivity index (χ2v) is 54.8. The molecule has 808 valence electrons. The number of aromatic hydroxyl groups is 7. The number of ketones is 3. The number of nitrogens with zero attached hydrogens (tertiary/aromatic N) is 2. The van der Waals surface area contributed by atoms with Crippen LogP contribution in [-0.2, 0) is 121 Å². The number of thiocarbonyl (C=S) groups is 1. The molecule has 0 spiro atoms. The largest absolute Gasteiger partial charge is 0.507 e. The molecule has 0 fully saturated rings. The maximum Gasteiger partial charge on any atom is 0.226 e. The summed E-state index contributed by atoms with van der Waals surface area (Å²) in [5, 5.41) is 76.5. The van der Waals surface area contributed by atoms with Gasteiger partial charge in [-0.15, -0.1) is 0 Å². The summed E-state index contributed by atoms with van der Waals surface area (Å²) in [6.45, 7) is 95.6. The molecule has 0 aliphatic carbocycles. The van der Waals surface area contributed by atoms with Gasteiger partial charge in [-0.2, -0.15) is 4.99 Å². The smallest absolute Gasteiger partial charge is 0.226 e. The van der Waals surface area contributed by atoms with Gasteiger partial charge in [0.05, 0.1) is 29.1 Å². The zero-order chi connectivity index (χ0) is 114. The summed E-state index contributed by atoms with van der Waals surface area (Å²) >= 11 is 4.66. The normalized spacial score (nSPS) is 12.5. The average molecular weight is 2040 g/mol. The summed E-state index contributed by atoms with van der Waals surface area (Å²) in [5.74, 6) is 2.87. The highest BCUT2D eigenvalue weighted by molar-refractivity contribution is 7.78. The zero-order valence-corrected chi connectivity index (χ0v) is 99.5. The van der Waals surface area contributed by atoms with Gasteiger partial charge in [0.2, 0.25) is 5.89 Å². The molecule has 7 N–H and O–H groups in total. The lowest BCUT2D eigenvalue weighted by Gasteiger charge is -2.29. The highest BCUT2D eigenvalue weighted by Gasteiger charge is 2.37. The number of isothiocyanates is 1. The van der Waals surface area contributed by atoms with Crippen LogP contribution < -0.4 is 4.74 Å². The van der Waals surface area contributed by atoms with E-state index >= 15 is 0 Å². The van der Waals surface area contributed by atoms with Gasteiger partial charge < -0.3 is 54.5 Å². The monoisotopic (exact) mass is 2040 g/mol. The first kappa shape index (κ1) is 130. The minimum Gasteiger partial charge on any atom is -0.507 e. The number of aryl methyl sites for hydroxylation is 1. The lowest BCUT2D eigenvalue weighted by molar-refractivity contribution is -0.130. The van der Waals surface area contributed by atoms with Crippen LogP contribution in [0.2, 0.25) is 0 Å². The Labute approximate surface area is 889 Å². The Hall–Kier alpha value is -11.1. The molecular weight excluding hydrogens is 1850 g/mol. The number of Topliss-reactive ketones (excluding diaryl/α,β-unsaturated/α-hetero) is 3. The van der Waals surface area contributed by atoms with E-state index in [4.69, 9.17) is 9.15 Å². The van der Waals surface area contributed by atoms with Gasteiger partial charge in [-0.1, -0.05) is 341 Å². The van der Waals surface area contributed by atoms with Gasteiger partial charge in [0.25, 0.3) is 0 Å². The number of aromatic nitrogens is 1. The van der Waals surface area contributed by atoms with Gasteiger partial charge in [-0.05, 0) is 251 Å². The number of phenols is 7. The fraction of sp³-hybridized carbons (Fsp3) is 0.539. The molecule has 147 heavy (non-hydrogen) atoms. The second kappa shape index (κ2) is 49.5. The summed E-state index contributed by atoms with van der Waals surface area (Å²) in [5.41, 5.74) is 17.1. The number of oxazole rings is 1. The van der Waals surface area contributed by atoms with Crippen molar-refractivity contribution in [3.8, 4) is 57.5 Å². The quantitative estimate of drug-likeness (QED) is 0.0130. The maximum absolute atomic E-state index is 11.8. The van der Waals surface area contributed by atoms with Crippen LogP contribution in [0.3, 0.4) is 0 Å². The summed E-state index contributed by atoms with van der Waals surface area (Å²) in [6.07, 6.45) is 8.16. The van der Waals surface area contributed by atoms with Crippen LogP contribution >= 0.6 is 12.2 Å². The van der Waals surface area contributed by atoms with E-state index in [1.165, 1.54) is 13.8 Å². The molecule has 0 radical (unpaired) electrons. The third kappa shape index (κ3) is 38.4. The Morgan fingerprint density at radius 3 is 0.898 bits per heavy atom. The van der Waals surface area contributed by atoms with E-state index in [1.54, 1.807) is 49.6 Å². The van der Waals surface area contributed by atoms with Crippen molar-refractivity contribution < 1.29 is 78.5 Å². The number of ether oxygens (including phenoxy) is 1. The summed E-state index contributed by atoms with van der Waals surface area (Å²) < 4.78 is 11.5. The molecular formula is C128H184N2O16S. The number of carbonyl (C=O) groups excluding carboxylic acids is 7. The van der Waals surface area contributed by atoms with Crippen LogP contribution in [0.1, 0.15) is 463 Å². The van der Waals surface area contributed by atoms with Crippen molar-refractivity contribution in [1.29, 1.82) is 0 Å². The number of carbonyl (C=O) groups is 7. The van der Waals surface area contributed by atoms with Gasteiger partial charge in [0.1, 0.15) is 89.0 Å². The van der Waals surface area contributed by atoms with Gasteiger partial charge in [-0.25, -0.2) is 4.98 Å². The molecule has 1 aromatic heterocycles. The van der Waals surface area contributed by atoms with E-state index in [9.17, 15) is 69.3 Å². The van der Waals surface area contributed by atoms with Gasteiger partial charge >= 0.3 is 0 Å². The third-order valence-electron chi connectivity index (χ3n) is 25.4. The first-order valence-electron chi connectivity index (χ1n) is 51.4. The highest BCUT2D eigenvalue weighted by Crippen LogP contribution is 2.49. The van der Waals surface area contributed by atoms with Crippen molar-refractivity contribution in [2.75, 3.05) is 6.61 Å². The molecule has 9 rings (SSSR count). The van der Waals surface area contributed by atoms with E-state index in [0.717, 1.165) is 143 Å². The van der Waals surface area contributed by atoms with Crippen LogP contribution in [0.4, 0.5) is 5.69 Å². The number of phenolic OH excluding ortho intramolecular Hbond substituents is 7. The molecule has 0 saturated carbocycles. The zero-order valence-electron chi connectivity index (χ0n) is 98.7. The van der Waals surface area contributed by atoms with Crippen molar-refractivity contribution >= 4 is 65.6 Å². The van der Waals surface area contributed by atoms with E-state index in [-0.39, 0.29) is 98.6 Å². The molecule has 0 aliphatic rings. The SMILES string of the molecule is CC(=O)C(Cc1cc(C(C)(C)C)c(O)c(C(C)(C)C)c1)C(C)=O.CC(=O)c1cc(C(C)(C)C)c(O)c(C(C)(C)C)c1.CC(C)(C)c1cc(-c2nc(CCOc3ccc(C=O)cc3)co2)cc(C(C)(C)C)c1O.CC(C)(C)c1cc(C=O)cc(C(C)(C)C)c1O.CC(C)(C)c1cc(CCC=O)cc(C(C)(C)C)c1O.CC(C)(C)c1cc(N=C=S)cc(C(C)(C)C)c1O.CC(C)(C=O)Cc1cc(C(C)(C)C)c(O)c(C(C)(C)C)c1. The standard InChI is InChI=1S/C26H31NO4.C20H30O3.C19H30O2.C17H26O2.C16H24O2.C15H21NOS.C15H22O2/c1-25(2,3)21-13-18(14-22(23(21)29)26(4,5)6)24-27-19(16-31-24)11-12-30-20-9-7-17(15-28)8-10-20;1-12(21)15(13(2)22)9-14-10-16(19(3,4)5)18(23)17(11-14)20(6,7)8;1-17(2,3)14-9-13(11-19(7,8)12-20)10-15(16(14)21)18(4,5)6;1-16(2,3)13-10-12(8-7-9-18)11-14(15(13)19)17(4,5)6;1-10(17)11-8-12(15(2,3)4)14(18)13(9-11)16(5,6)7;1-14(2,3)11-7-10(16-9-18)8-12(13(11)17)15(4,5)6;1-14(2,3)11-7-10(9-16)8-12(13(11)17)15(4,5)6/h7-10,13-16,29H,11-12H2,1-6H3;10-11,15,23H,9H2,1-8H3;9-10,12,21H,11H2,1-8H3;9-11,19H,7-8H2,1-6H3;8-9,18H,1-7H3;7-8,17H,1-6H3;7-9,17H,1-6H3. The maximum atomic E-state index is 11.8. The van der Waals surface area contributed by atoms with E-state index in [1.807, 2.05) is 199 Å². The molecule has 0 atom stereocenters. The lowest BCUT2D eigenvalue weighted by atomic mass is 9.76. The van der Waals surface area contributed by atoms with Crippen LogP contribution in [-0.4, -0.2) is 95.0 Å². The van der Waals surface area contributed by atoms with Crippen molar-refractivity contribution in [2.45, 2.75) is 433 Å². The van der Waals surface area contributed by atoms with Gasteiger partial charge in [0, 0.05) is 85.0 Å². The fourth-order valence-electron chi connectivity index (χ4n) is 16.6. The minimum atomic E-state index is -0.611. The Balaban J connectivity index is 0.000000445. The molecule has 0 bridgehead atoms. The van der Waals surface area contributed by atoms with E-state index < -0.39 is 5.92 Å². The second-order valence-electron chi connectivity index (χ2n) is 54.6. The fourth-order valence-corrected chi connectivity index (χ4v) is 16.7. The Bertz CT molecular complexity index is 5780. The molecule has 0 saturated heterocycles. The number of hydrogen-bond acceptors (Lipinski definition) is 19. The molecule has 9 aromatic rings. The van der Waals surface area contributed by atoms with Gasteiger partial charge in [0.15, 0.2) is 5.78 Å². The molecule has 1 heterocycles. The van der Waals surface area contributed by atoms with Crippen LogP contribution in [0, 0.1) is 11.3 Å². The number of hydrogen-bond donors (Lipinski definition) is 7. The summed E-state index contributed by atoms with van der Waals surface area (Å²) in [6, 6.07) is 33.9. The minimum absolute atomic E-state index is 0.0333. The number of benzene rings is 8. The predicted molar refractivity (Wildman–Crippen MR) is 612 cm³/mol. The van der Waals surface area contributed by atoms with Crippen LogP contribution in [0.25, 0.3) is 11.5 Å². The van der Waals surface area contributed by atoms with Crippen LogP contribution in [0.15, 0.2) is 125 Å². The summed E-state index contributed by atoms with van der Waals surface area (Å²) in [4.78, 5) is 87.3. The molecule has 18 nitrogen and oxygen atoms in total. The number of aldehydes is 4. The Morgan fingerprint density at radius 1 is 0.361 bits per heavy atom. The van der Waals surface area contributed by atoms with Crippen molar-refractivity contribution in [1.82, 2.24) is 4.98 Å². The number of rotatable bonds is 19. The molecule has 0 unspecified atom stereocenters. The van der Waals surface area contributed by atoms with Gasteiger partial charge in [-0.3, -0.25) is 24.0 Å². The first-order chi connectivity index (χ1) is 66.2. The highest BCUT2D eigenvalue weighted by atomic mass is 32.1. The average Bonchev–Trinajstić information content (AvgIpc) is 1.76. The van der Waals surface area contributed by atoms with Crippen LogP contribution in [0.5, 0.6) is 46.0 Å².